The van der Waals surface area contributed by atoms with Crippen LogP contribution in [0.3, 0.4) is 0 Å². The van der Waals surface area contributed by atoms with Gasteiger partial charge in [-0.05, 0) is 20.3 Å². The predicted octanol–water partition coefficient (Wildman–Crippen LogP) is 0.213. The summed E-state index contributed by atoms with van der Waals surface area (Å²) in [5, 5.41) is 8.99. The van der Waals surface area contributed by atoms with E-state index in [0.717, 1.165) is 0 Å². The third kappa shape index (κ3) is 1.21. The molecular formula is C8H15NO3. The highest BCUT2D eigenvalue weighted by Crippen LogP contribution is 2.37. The zero-order valence-corrected chi connectivity index (χ0v) is 7.41. The normalized spacial score (nSPS) is 41.6. The van der Waals surface area contributed by atoms with Gasteiger partial charge in [0.05, 0.1) is 12.2 Å². The van der Waals surface area contributed by atoms with Gasteiger partial charge in [0.1, 0.15) is 5.41 Å². The van der Waals surface area contributed by atoms with Crippen molar-refractivity contribution in [2.45, 2.75) is 32.5 Å². The van der Waals surface area contributed by atoms with E-state index >= 15 is 0 Å². The third-order valence-electron chi connectivity index (χ3n) is 2.66. The molecule has 1 aliphatic rings. The van der Waals surface area contributed by atoms with Crippen LogP contribution in [-0.2, 0) is 9.53 Å². The number of carbonyl (C=O) groups is 1. The van der Waals surface area contributed by atoms with Gasteiger partial charge in [-0.1, -0.05) is 0 Å². The van der Waals surface area contributed by atoms with Crippen LogP contribution in [0.25, 0.3) is 0 Å². The number of nitrogens with two attached hydrogens (primary N) is 1. The second kappa shape index (κ2) is 3.03. The second-order valence-electron chi connectivity index (χ2n) is 3.46. The Morgan fingerprint density at radius 1 is 1.75 bits per heavy atom. The summed E-state index contributed by atoms with van der Waals surface area (Å²) >= 11 is 0. The minimum Gasteiger partial charge on any atom is -0.481 e. The van der Waals surface area contributed by atoms with Gasteiger partial charge in [0.2, 0.25) is 0 Å². The first-order chi connectivity index (χ1) is 5.53. The van der Waals surface area contributed by atoms with Gasteiger partial charge in [0, 0.05) is 6.54 Å². The van der Waals surface area contributed by atoms with Crippen molar-refractivity contribution in [1.29, 1.82) is 0 Å². The van der Waals surface area contributed by atoms with E-state index in [-0.39, 0.29) is 18.8 Å². The molecule has 1 rings (SSSR count). The fourth-order valence-corrected chi connectivity index (χ4v) is 1.80. The fraction of sp³-hybridized carbons (Fsp3) is 0.875. The van der Waals surface area contributed by atoms with Crippen LogP contribution < -0.4 is 5.73 Å². The van der Waals surface area contributed by atoms with E-state index in [0.29, 0.717) is 6.42 Å². The topological polar surface area (TPSA) is 72.6 Å². The molecule has 3 unspecified atom stereocenters. The van der Waals surface area contributed by atoms with E-state index in [1.807, 2.05) is 6.92 Å². The van der Waals surface area contributed by atoms with Crippen LogP contribution in [0.15, 0.2) is 0 Å². The summed E-state index contributed by atoms with van der Waals surface area (Å²) < 4.78 is 5.37. The van der Waals surface area contributed by atoms with E-state index < -0.39 is 11.4 Å². The highest BCUT2D eigenvalue weighted by atomic mass is 16.5. The van der Waals surface area contributed by atoms with Crippen molar-refractivity contribution < 1.29 is 14.6 Å². The van der Waals surface area contributed by atoms with Crippen LogP contribution >= 0.6 is 0 Å². The lowest BCUT2D eigenvalue weighted by molar-refractivity contribution is -0.151. The third-order valence-corrected chi connectivity index (χ3v) is 2.66. The van der Waals surface area contributed by atoms with E-state index in [1.54, 1.807) is 6.92 Å². The molecular weight excluding hydrogens is 158 g/mol. The minimum absolute atomic E-state index is 0.000324. The van der Waals surface area contributed by atoms with Crippen LogP contribution in [0, 0.1) is 5.41 Å². The molecule has 0 bridgehead atoms. The van der Waals surface area contributed by atoms with Gasteiger partial charge in [0.15, 0.2) is 0 Å². The Hall–Kier alpha value is -0.610. The molecule has 0 spiro atoms. The van der Waals surface area contributed by atoms with Crippen molar-refractivity contribution in [3.8, 4) is 0 Å². The van der Waals surface area contributed by atoms with Gasteiger partial charge in [-0.3, -0.25) is 4.79 Å². The summed E-state index contributed by atoms with van der Waals surface area (Å²) in [5.41, 5.74) is 4.60. The molecule has 0 aliphatic carbocycles. The molecule has 1 aliphatic heterocycles. The molecule has 12 heavy (non-hydrogen) atoms. The van der Waals surface area contributed by atoms with Gasteiger partial charge >= 0.3 is 5.97 Å². The molecule has 3 N–H and O–H groups in total. The van der Waals surface area contributed by atoms with E-state index in [1.165, 1.54) is 0 Å². The Labute approximate surface area is 71.7 Å². The standard InChI is InChI=1S/C8H15NO3/c1-5-3-8(4-9,7(10)11)6(2)12-5/h5-6H,3-4,9H2,1-2H3,(H,10,11). The van der Waals surface area contributed by atoms with E-state index in [9.17, 15) is 4.79 Å². The minimum atomic E-state index is -0.862. The lowest BCUT2D eigenvalue weighted by atomic mass is 9.80. The Kier molecular flexibility index (Phi) is 2.39. The molecule has 0 radical (unpaired) electrons. The van der Waals surface area contributed by atoms with Crippen LogP contribution in [0.4, 0.5) is 0 Å². The molecule has 0 saturated carbocycles. The first kappa shape index (κ1) is 9.48. The van der Waals surface area contributed by atoms with Crippen molar-refractivity contribution in [3.05, 3.63) is 0 Å². The zero-order chi connectivity index (χ0) is 9.35. The first-order valence-corrected chi connectivity index (χ1v) is 4.12. The van der Waals surface area contributed by atoms with Crippen molar-refractivity contribution >= 4 is 5.97 Å². The van der Waals surface area contributed by atoms with Crippen LogP contribution in [0.5, 0.6) is 0 Å². The Balaban J connectivity index is 2.86. The first-order valence-electron chi connectivity index (χ1n) is 4.12. The van der Waals surface area contributed by atoms with Crippen LogP contribution in [0.1, 0.15) is 20.3 Å². The number of ether oxygens (including phenoxy) is 1. The number of aliphatic carboxylic acids is 1. The van der Waals surface area contributed by atoms with Gasteiger partial charge in [-0.25, -0.2) is 0 Å². The smallest absolute Gasteiger partial charge is 0.313 e. The number of hydrogen-bond acceptors (Lipinski definition) is 3. The fourth-order valence-electron chi connectivity index (χ4n) is 1.80. The Bertz CT molecular complexity index is 195. The maximum Gasteiger partial charge on any atom is 0.313 e. The molecule has 4 nitrogen and oxygen atoms in total. The molecule has 1 heterocycles. The monoisotopic (exact) mass is 173 g/mol. The van der Waals surface area contributed by atoms with Crippen LogP contribution in [0.2, 0.25) is 0 Å². The number of rotatable bonds is 2. The predicted molar refractivity (Wildman–Crippen MR) is 43.7 cm³/mol. The molecule has 0 aromatic carbocycles. The SMILES string of the molecule is CC1CC(CN)(C(=O)O)C(C)O1. The highest BCUT2D eigenvalue weighted by molar-refractivity contribution is 5.76. The molecule has 70 valence electrons. The summed E-state index contributed by atoms with van der Waals surface area (Å²) in [6, 6.07) is 0. The van der Waals surface area contributed by atoms with E-state index in [4.69, 9.17) is 15.6 Å². The number of hydrogen-bond donors (Lipinski definition) is 2. The van der Waals surface area contributed by atoms with E-state index in [2.05, 4.69) is 0 Å². The molecule has 0 aromatic rings. The summed E-state index contributed by atoms with van der Waals surface area (Å²) in [4.78, 5) is 11.0. The van der Waals surface area contributed by atoms with Gasteiger partial charge in [-0.2, -0.15) is 0 Å². The van der Waals surface area contributed by atoms with Gasteiger partial charge in [-0.15, -0.1) is 0 Å². The summed E-state index contributed by atoms with van der Waals surface area (Å²) in [7, 11) is 0. The Morgan fingerprint density at radius 3 is 2.50 bits per heavy atom. The van der Waals surface area contributed by atoms with Crippen molar-refractivity contribution in [2.24, 2.45) is 11.1 Å². The van der Waals surface area contributed by atoms with Gasteiger partial charge in [0.25, 0.3) is 0 Å². The summed E-state index contributed by atoms with van der Waals surface area (Å²) in [5.74, 6) is -0.846. The number of carboxylic acids is 1. The maximum absolute atomic E-state index is 11.0. The highest BCUT2D eigenvalue weighted by Gasteiger charge is 2.49. The summed E-state index contributed by atoms with van der Waals surface area (Å²) in [6.45, 7) is 3.79. The molecule has 1 fully saturated rings. The number of carboxylic acid groups (broad SMARTS) is 1. The molecule has 4 heteroatoms. The summed E-state index contributed by atoms with van der Waals surface area (Å²) in [6.07, 6.45) is 0.231. The molecule has 0 aromatic heterocycles. The lowest BCUT2D eigenvalue weighted by Crippen LogP contribution is -2.43. The quantitative estimate of drug-likeness (QED) is 0.626. The average molecular weight is 173 g/mol. The maximum atomic E-state index is 11.0. The molecule has 3 atom stereocenters. The lowest BCUT2D eigenvalue weighted by Gasteiger charge is -2.24. The van der Waals surface area contributed by atoms with Crippen molar-refractivity contribution in [1.82, 2.24) is 0 Å². The van der Waals surface area contributed by atoms with Gasteiger partial charge < -0.3 is 15.6 Å². The van der Waals surface area contributed by atoms with Crippen molar-refractivity contribution in [2.75, 3.05) is 6.54 Å². The molecule has 1 saturated heterocycles. The average Bonchev–Trinajstić information content (AvgIpc) is 2.26. The molecule has 0 amide bonds. The zero-order valence-electron chi connectivity index (χ0n) is 7.41. The van der Waals surface area contributed by atoms with Crippen molar-refractivity contribution in [3.63, 3.8) is 0 Å². The second-order valence-corrected chi connectivity index (χ2v) is 3.46. The van der Waals surface area contributed by atoms with Crippen LogP contribution in [-0.4, -0.2) is 29.8 Å². The Morgan fingerprint density at radius 2 is 2.33 bits per heavy atom. The largest absolute Gasteiger partial charge is 0.481 e.